The van der Waals surface area contributed by atoms with E-state index in [2.05, 4.69) is 36.3 Å². The fourth-order valence-corrected chi connectivity index (χ4v) is 2.96. The molecule has 1 aromatic heterocycles. The van der Waals surface area contributed by atoms with Crippen molar-refractivity contribution in [2.45, 2.75) is 46.1 Å². The largest absolute Gasteiger partial charge is 0.357 e. The molecule has 1 aliphatic carbocycles. The fraction of sp³-hybridized carbons (Fsp3) is 0.471. The predicted octanol–water partition coefficient (Wildman–Crippen LogP) is 4.36. The van der Waals surface area contributed by atoms with Crippen LogP contribution in [0.4, 0.5) is 0 Å². The first-order valence-electron chi connectivity index (χ1n) is 7.48. The lowest BCUT2D eigenvalue weighted by Crippen LogP contribution is -2.29. The maximum absolute atomic E-state index is 12.0. The highest BCUT2D eigenvalue weighted by Crippen LogP contribution is 2.45. The van der Waals surface area contributed by atoms with Gasteiger partial charge in [0.1, 0.15) is 0 Å². The van der Waals surface area contributed by atoms with E-state index in [9.17, 15) is 4.79 Å². The number of carbonyl (C=O) groups excluding carboxylic acids is 1. The lowest BCUT2D eigenvalue weighted by Gasteiger charge is -2.08. The van der Waals surface area contributed by atoms with Crippen molar-refractivity contribution in [1.82, 2.24) is 10.3 Å². The number of hydrogen-bond donors (Lipinski definition) is 2. The van der Waals surface area contributed by atoms with Gasteiger partial charge in [-0.1, -0.05) is 32.4 Å². The van der Waals surface area contributed by atoms with Gasteiger partial charge >= 0.3 is 0 Å². The summed E-state index contributed by atoms with van der Waals surface area (Å²) in [6.07, 6.45) is 2.00. The highest BCUT2D eigenvalue weighted by atomic mass is 35.5. The Morgan fingerprint density at radius 3 is 2.71 bits per heavy atom. The standard InChI is InChI=1S/C17H21ClN2O/c1-10(2)13-8-15-11(7-14(13)18)6-12(20-15)9-19-16(21)17(3)4-5-17/h6-8,10,20H,4-5,9H2,1-3H3,(H,19,21). The number of benzene rings is 1. The molecule has 1 aromatic carbocycles. The molecule has 0 radical (unpaired) electrons. The Bertz CT molecular complexity index is 698. The van der Waals surface area contributed by atoms with Crippen molar-refractivity contribution in [3.8, 4) is 0 Å². The van der Waals surface area contributed by atoms with Crippen LogP contribution < -0.4 is 5.32 Å². The highest BCUT2D eigenvalue weighted by molar-refractivity contribution is 6.32. The van der Waals surface area contributed by atoms with Gasteiger partial charge in [0.25, 0.3) is 0 Å². The molecule has 112 valence electrons. The summed E-state index contributed by atoms with van der Waals surface area (Å²) in [7, 11) is 0. The molecule has 0 spiro atoms. The molecular formula is C17H21ClN2O. The van der Waals surface area contributed by atoms with E-state index in [4.69, 9.17) is 11.6 Å². The zero-order valence-corrected chi connectivity index (χ0v) is 13.5. The summed E-state index contributed by atoms with van der Waals surface area (Å²) in [5.41, 5.74) is 3.11. The summed E-state index contributed by atoms with van der Waals surface area (Å²) >= 11 is 6.32. The van der Waals surface area contributed by atoms with Crippen molar-refractivity contribution in [3.63, 3.8) is 0 Å². The maximum Gasteiger partial charge on any atom is 0.226 e. The third-order valence-corrected chi connectivity index (χ3v) is 4.73. The van der Waals surface area contributed by atoms with Crippen LogP contribution in [0.1, 0.15) is 50.8 Å². The fourth-order valence-electron chi connectivity index (χ4n) is 2.57. The minimum absolute atomic E-state index is 0.125. The summed E-state index contributed by atoms with van der Waals surface area (Å²) < 4.78 is 0. The Labute approximate surface area is 130 Å². The van der Waals surface area contributed by atoms with Crippen LogP contribution >= 0.6 is 11.6 Å². The van der Waals surface area contributed by atoms with E-state index in [1.54, 1.807) is 0 Å². The molecule has 21 heavy (non-hydrogen) atoms. The topological polar surface area (TPSA) is 44.9 Å². The first-order valence-corrected chi connectivity index (χ1v) is 7.86. The molecule has 0 aliphatic heterocycles. The third-order valence-electron chi connectivity index (χ3n) is 4.40. The summed E-state index contributed by atoms with van der Waals surface area (Å²) in [6, 6.07) is 6.16. The van der Waals surface area contributed by atoms with Crippen molar-refractivity contribution in [2.24, 2.45) is 5.41 Å². The van der Waals surface area contributed by atoms with Crippen LogP contribution in [-0.2, 0) is 11.3 Å². The van der Waals surface area contributed by atoms with Gasteiger partial charge in [0.05, 0.1) is 6.54 Å². The Hall–Kier alpha value is -1.48. The maximum atomic E-state index is 12.0. The van der Waals surface area contributed by atoms with E-state index in [0.29, 0.717) is 12.5 Å². The lowest BCUT2D eigenvalue weighted by molar-refractivity contribution is -0.125. The van der Waals surface area contributed by atoms with Crippen LogP contribution in [0.25, 0.3) is 10.9 Å². The zero-order chi connectivity index (χ0) is 15.2. The van der Waals surface area contributed by atoms with Crippen molar-refractivity contribution in [2.75, 3.05) is 0 Å². The molecule has 0 unspecified atom stereocenters. The molecule has 2 N–H and O–H groups in total. The molecule has 1 saturated carbocycles. The molecule has 1 heterocycles. The van der Waals surface area contributed by atoms with Gasteiger partial charge in [-0.25, -0.2) is 0 Å². The molecule has 4 heteroatoms. The highest BCUT2D eigenvalue weighted by Gasteiger charge is 2.44. The Balaban J connectivity index is 1.79. The number of H-pyrrole nitrogens is 1. The average Bonchev–Trinajstić information content (AvgIpc) is 3.05. The van der Waals surface area contributed by atoms with Gasteiger partial charge in [-0.2, -0.15) is 0 Å². The van der Waals surface area contributed by atoms with E-state index in [-0.39, 0.29) is 11.3 Å². The van der Waals surface area contributed by atoms with E-state index in [0.717, 1.165) is 40.0 Å². The lowest BCUT2D eigenvalue weighted by atomic mass is 10.0. The average molecular weight is 305 g/mol. The number of nitrogens with one attached hydrogen (secondary N) is 2. The quantitative estimate of drug-likeness (QED) is 0.866. The van der Waals surface area contributed by atoms with Gasteiger partial charge in [-0.3, -0.25) is 4.79 Å². The van der Waals surface area contributed by atoms with Crippen LogP contribution in [0.15, 0.2) is 18.2 Å². The van der Waals surface area contributed by atoms with Crippen molar-refractivity contribution >= 4 is 28.4 Å². The van der Waals surface area contributed by atoms with E-state index in [1.165, 1.54) is 0 Å². The number of hydrogen-bond acceptors (Lipinski definition) is 1. The van der Waals surface area contributed by atoms with E-state index < -0.39 is 0 Å². The summed E-state index contributed by atoms with van der Waals surface area (Å²) in [6.45, 7) is 6.82. The smallest absolute Gasteiger partial charge is 0.226 e. The molecule has 0 saturated heterocycles. The normalized spacial score (nSPS) is 16.4. The SMILES string of the molecule is CC(C)c1cc2[nH]c(CNC(=O)C3(C)CC3)cc2cc1Cl. The number of aromatic nitrogens is 1. The van der Waals surface area contributed by atoms with Crippen LogP contribution in [0.3, 0.4) is 0 Å². The number of carbonyl (C=O) groups is 1. The third kappa shape index (κ3) is 2.80. The van der Waals surface area contributed by atoms with Gasteiger partial charge < -0.3 is 10.3 Å². The number of rotatable bonds is 4. The first-order chi connectivity index (χ1) is 9.89. The molecule has 3 nitrogen and oxygen atoms in total. The Morgan fingerprint density at radius 1 is 1.38 bits per heavy atom. The monoisotopic (exact) mass is 304 g/mol. The van der Waals surface area contributed by atoms with Crippen LogP contribution in [0, 0.1) is 5.41 Å². The molecule has 3 rings (SSSR count). The minimum atomic E-state index is -0.125. The molecule has 1 aliphatic rings. The number of halogens is 1. The summed E-state index contributed by atoms with van der Waals surface area (Å²) in [5, 5.41) is 4.90. The van der Waals surface area contributed by atoms with Crippen LogP contribution in [-0.4, -0.2) is 10.9 Å². The van der Waals surface area contributed by atoms with Crippen molar-refractivity contribution < 1.29 is 4.79 Å². The first kappa shape index (κ1) is 14.5. The molecule has 1 amide bonds. The summed E-state index contributed by atoms with van der Waals surface area (Å²) in [4.78, 5) is 15.3. The molecule has 0 atom stereocenters. The second-order valence-electron chi connectivity index (χ2n) is 6.65. The number of amides is 1. The predicted molar refractivity (Wildman–Crippen MR) is 86.6 cm³/mol. The molecular weight excluding hydrogens is 284 g/mol. The molecule has 1 fully saturated rings. The Morgan fingerprint density at radius 2 is 2.10 bits per heavy atom. The van der Waals surface area contributed by atoms with Crippen molar-refractivity contribution in [1.29, 1.82) is 0 Å². The van der Waals surface area contributed by atoms with Gasteiger partial charge in [-0.05, 0) is 42.5 Å². The van der Waals surface area contributed by atoms with Gasteiger partial charge in [0.2, 0.25) is 5.91 Å². The second-order valence-corrected chi connectivity index (χ2v) is 7.06. The zero-order valence-electron chi connectivity index (χ0n) is 12.7. The van der Waals surface area contributed by atoms with Gasteiger partial charge in [0.15, 0.2) is 0 Å². The van der Waals surface area contributed by atoms with Gasteiger partial charge in [-0.15, -0.1) is 0 Å². The molecule has 0 bridgehead atoms. The Kier molecular flexibility index (Phi) is 3.48. The number of fused-ring (bicyclic) bond motifs is 1. The summed E-state index contributed by atoms with van der Waals surface area (Å²) in [5.74, 6) is 0.547. The van der Waals surface area contributed by atoms with Gasteiger partial charge in [0, 0.05) is 27.0 Å². The molecule has 2 aromatic rings. The second kappa shape index (κ2) is 5.06. The van der Waals surface area contributed by atoms with E-state index in [1.807, 2.05) is 13.0 Å². The van der Waals surface area contributed by atoms with Crippen LogP contribution in [0.5, 0.6) is 0 Å². The van der Waals surface area contributed by atoms with Crippen molar-refractivity contribution in [3.05, 3.63) is 34.5 Å². The van der Waals surface area contributed by atoms with E-state index >= 15 is 0 Å². The number of aromatic amines is 1. The minimum Gasteiger partial charge on any atom is -0.357 e. The van der Waals surface area contributed by atoms with Crippen LogP contribution in [0.2, 0.25) is 5.02 Å².